The molecule has 0 spiro atoms. The summed E-state index contributed by atoms with van der Waals surface area (Å²) < 4.78 is 0. The molecule has 3 nitrogen and oxygen atoms in total. The molecule has 20 heavy (non-hydrogen) atoms. The van der Waals surface area contributed by atoms with E-state index in [1.807, 2.05) is 12.1 Å². The Kier molecular flexibility index (Phi) is 3.90. The lowest BCUT2D eigenvalue weighted by Crippen LogP contribution is -2.45. The fourth-order valence-corrected chi connectivity index (χ4v) is 3.16. The smallest absolute Gasteiger partial charge is 0.116 e. The Morgan fingerprint density at radius 2 is 1.80 bits per heavy atom. The van der Waals surface area contributed by atoms with Gasteiger partial charge in [0.15, 0.2) is 0 Å². The summed E-state index contributed by atoms with van der Waals surface area (Å²) in [7, 11) is 0. The van der Waals surface area contributed by atoms with Crippen LogP contribution in [0.15, 0.2) is 36.4 Å². The van der Waals surface area contributed by atoms with E-state index in [0.29, 0.717) is 11.8 Å². The SMILES string of the molecule is CC[C@H](c1ccc2cc(O)ccc2c1)N1CCNCC1. The van der Waals surface area contributed by atoms with Crippen molar-refractivity contribution in [3.05, 3.63) is 42.0 Å². The van der Waals surface area contributed by atoms with Gasteiger partial charge in [-0.1, -0.05) is 25.1 Å². The minimum Gasteiger partial charge on any atom is -0.508 e. The van der Waals surface area contributed by atoms with Gasteiger partial charge in [-0.2, -0.15) is 0 Å². The first kappa shape index (κ1) is 13.4. The summed E-state index contributed by atoms with van der Waals surface area (Å²) in [5.41, 5.74) is 1.38. The van der Waals surface area contributed by atoms with Crippen molar-refractivity contribution in [1.29, 1.82) is 0 Å². The number of piperazine rings is 1. The first-order valence-corrected chi connectivity index (χ1v) is 7.45. The van der Waals surface area contributed by atoms with E-state index in [4.69, 9.17) is 0 Å². The van der Waals surface area contributed by atoms with Gasteiger partial charge >= 0.3 is 0 Å². The van der Waals surface area contributed by atoms with E-state index in [2.05, 4.69) is 35.3 Å². The van der Waals surface area contributed by atoms with Crippen molar-refractivity contribution in [3.8, 4) is 5.75 Å². The van der Waals surface area contributed by atoms with Crippen LogP contribution in [-0.2, 0) is 0 Å². The predicted octanol–water partition coefficient (Wildman–Crippen LogP) is 2.90. The Bertz CT molecular complexity index is 591. The number of benzene rings is 2. The highest BCUT2D eigenvalue weighted by molar-refractivity contribution is 5.84. The Balaban J connectivity index is 1.92. The Morgan fingerprint density at radius 1 is 1.10 bits per heavy atom. The molecule has 2 aromatic carbocycles. The Morgan fingerprint density at radius 3 is 2.55 bits per heavy atom. The quantitative estimate of drug-likeness (QED) is 0.900. The van der Waals surface area contributed by atoms with E-state index < -0.39 is 0 Å². The molecular formula is C17H22N2O. The van der Waals surface area contributed by atoms with Crippen LogP contribution in [0.25, 0.3) is 10.8 Å². The molecule has 2 aromatic rings. The Hall–Kier alpha value is -1.58. The van der Waals surface area contributed by atoms with Crippen LogP contribution in [-0.4, -0.2) is 36.2 Å². The number of nitrogens with one attached hydrogen (secondary N) is 1. The van der Waals surface area contributed by atoms with Gasteiger partial charge in [0.25, 0.3) is 0 Å². The van der Waals surface area contributed by atoms with Gasteiger partial charge in [-0.05, 0) is 41.0 Å². The van der Waals surface area contributed by atoms with Crippen molar-refractivity contribution in [1.82, 2.24) is 10.2 Å². The van der Waals surface area contributed by atoms with Crippen LogP contribution in [0.3, 0.4) is 0 Å². The molecule has 0 saturated carbocycles. The van der Waals surface area contributed by atoms with Gasteiger partial charge in [0.1, 0.15) is 5.75 Å². The lowest BCUT2D eigenvalue weighted by atomic mass is 9.98. The van der Waals surface area contributed by atoms with Crippen molar-refractivity contribution in [3.63, 3.8) is 0 Å². The van der Waals surface area contributed by atoms with E-state index in [-0.39, 0.29) is 0 Å². The molecule has 0 bridgehead atoms. The zero-order chi connectivity index (χ0) is 13.9. The molecule has 0 unspecified atom stereocenters. The molecule has 1 aliphatic rings. The van der Waals surface area contributed by atoms with Gasteiger partial charge in [-0.25, -0.2) is 0 Å². The van der Waals surface area contributed by atoms with Gasteiger partial charge in [-0.15, -0.1) is 0 Å². The number of rotatable bonds is 3. The normalized spacial score (nSPS) is 18.2. The minimum absolute atomic E-state index is 0.333. The highest BCUT2D eigenvalue weighted by Gasteiger charge is 2.20. The summed E-state index contributed by atoms with van der Waals surface area (Å²) in [6.07, 6.45) is 1.13. The van der Waals surface area contributed by atoms with Crippen LogP contribution in [0, 0.1) is 0 Å². The molecule has 3 heteroatoms. The number of hydrogen-bond acceptors (Lipinski definition) is 3. The molecule has 1 aliphatic heterocycles. The third-order valence-corrected chi connectivity index (χ3v) is 4.21. The topological polar surface area (TPSA) is 35.5 Å². The number of nitrogens with zero attached hydrogens (tertiary/aromatic N) is 1. The summed E-state index contributed by atoms with van der Waals surface area (Å²) in [5.74, 6) is 0.333. The van der Waals surface area contributed by atoms with Gasteiger partial charge < -0.3 is 10.4 Å². The molecule has 0 aromatic heterocycles. The fourth-order valence-electron chi connectivity index (χ4n) is 3.16. The van der Waals surface area contributed by atoms with Crippen LogP contribution in [0.2, 0.25) is 0 Å². The van der Waals surface area contributed by atoms with Gasteiger partial charge in [0.2, 0.25) is 0 Å². The predicted molar refractivity (Wildman–Crippen MR) is 83.1 cm³/mol. The highest BCUT2D eigenvalue weighted by Crippen LogP contribution is 2.28. The van der Waals surface area contributed by atoms with E-state index in [1.165, 1.54) is 10.9 Å². The molecule has 106 valence electrons. The summed E-state index contributed by atoms with van der Waals surface area (Å²) >= 11 is 0. The maximum absolute atomic E-state index is 9.54. The zero-order valence-corrected chi connectivity index (χ0v) is 12.0. The van der Waals surface area contributed by atoms with Crippen molar-refractivity contribution in [2.45, 2.75) is 19.4 Å². The average molecular weight is 270 g/mol. The molecule has 0 radical (unpaired) electrons. The van der Waals surface area contributed by atoms with E-state index in [1.54, 1.807) is 6.07 Å². The number of hydrogen-bond donors (Lipinski definition) is 2. The maximum atomic E-state index is 9.54. The molecule has 1 heterocycles. The monoisotopic (exact) mass is 270 g/mol. The minimum atomic E-state index is 0.333. The van der Waals surface area contributed by atoms with E-state index in [9.17, 15) is 5.11 Å². The molecule has 1 atom stereocenters. The van der Waals surface area contributed by atoms with Gasteiger partial charge in [0, 0.05) is 32.2 Å². The Labute approximate surface area is 120 Å². The molecule has 1 fully saturated rings. The van der Waals surface area contributed by atoms with Crippen LogP contribution in [0.5, 0.6) is 5.75 Å². The summed E-state index contributed by atoms with van der Waals surface area (Å²) in [4.78, 5) is 2.57. The van der Waals surface area contributed by atoms with Crippen molar-refractivity contribution >= 4 is 10.8 Å². The van der Waals surface area contributed by atoms with Crippen molar-refractivity contribution in [2.75, 3.05) is 26.2 Å². The lowest BCUT2D eigenvalue weighted by molar-refractivity contribution is 0.169. The summed E-state index contributed by atoms with van der Waals surface area (Å²) in [6.45, 7) is 6.65. The summed E-state index contributed by atoms with van der Waals surface area (Å²) in [6, 6.07) is 12.7. The summed E-state index contributed by atoms with van der Waals surface area (Å²) in [5, 5.41) is 15.3. The molecule has 0 amide bonds. The number of phenols is 1. The second-order valence-electron chi connectivity index (χ2n) is 5.50. The zero-order valence-electron chi connectivity index (χ0n) is 12.0. The third kappa shape index (κ3) is 2.65. The number of phenolic OH excluding ortho intramolecular Hbond substituents is 1. The molecular weight excluding hydrogens is 248 g/mol. The number of aromatic hydroxyl groups is 1. The molecule has 2 N–H and O–H groups in total. The first-order valence-electron chi connectivity index (χ1n) is 7.45. The van der Waals surface area contributed by atoms with Crippen molar-refractivity contribution < 1.29 is 5.11 Å². The fraction of sp³-hybridized carbons (Fsp3) is 0.412. The van der Waals surface area contributed by atoms with E-state index in [0.717, 1.165) is 38.0 Å². The van der Waals surface area contributed by atoms with Crippen LogP contribution >= 0.6 is 0 Å². The average Bonchev–Trinajstić information content (AvgIpc) is 2.49. The molecule has 0 aliphatic carbocycles. The van der Waals surface area contributed by atoms with Gasteiger partial charge in [-0.3, -0.25) is 4.90 Å². The second-order valence-corrected chi connectivity index (χ2v) is 5.50. The standard InChI is InChI=1S/C17H22N2O/c1-2-17(19-9-7-18-8-10-19)15-4-3-14-12-16(20)6-5-13(14)11-15/h3-6,11-12,17-18,20H,2,7-10H2,1H3/t17-/m1/s1. The largest absolute Gasteiger partial charge is 0.508 e. The van der Waals surface area contributed by atoms with Gasteiger partial charge in [0.05, 0.1) is 0 Å². The highest BCUT2D eigenvalue weighted by atomic mass is 16.3. The van der Waals surface area contributed by atoms with Crippen LogP contribution < -0.4 is 5.32 Å². The molecule has 3 rings (SSSR count). The van der Waals surface area contributed by atoms with Crippen LogP contribution in [0.4, 0.5) is 0 Å². The first-order chi connectivity index (χ1) is 9.78. The van der Waals surface area contributed by atoms with Crippen LogP contribution in [0.1, 0.15) is 24.9 Å². The number of fused-ring (bicyclic) bond motifs is 1. The second kappa shape index (κ2) is 5.81. The lowest BCUT2D eigenvalue weighted by Gasteiger charge is -2.34. The molecule has 1 saturated heterocycles. The maximum Gasteiger partial charge on any atom is 0.116 e. The third-order valence-electron chi connectivity index (χ3n) is 4.21. The van der Waals surface area contributed by atoms with Crippen molar-refractivity contribution in [2.24, 2.45) is 0 Å². The van der Waals surface area contributed by atoms with E-state index >= 15 is 0 Å².